The molecule has 0 saturated heterocycles. The maximum absolute atomic E-state index is 12.3. The summed E-state index contributed by atoms with van der Waals surface area (Å²) in [5.41, 5.74) is 2.07. The lowest BCUT2D eigenvalue weighted by Crippen LogP contribution is -2.06. The van der Waals surface area contributed by atoms with Crippen molar-refractivity contribution in [3.8, 4) is 40.1 Å². The van der Waals surface area contributed by atoms with Crippen molar-refractivity contribution in [2.24, 2.45) is 0 Å². The van der Waals surface area contributed by atoms with Crippen LogP contribution in [0.2, 0.25) is 0 Å². The van der Waals surface area contributed by atoms with Crippen LogP contribution in [0.1, 0.15) is 27.0 Å². The van der Waals surface area contributed by atoms with Crippen molar-refractivity contribution in [2.75, 3.05) is 21.0 Å². The van der Waals surface area contributed by atoms with Gasteiger partial charge in [0.25, 0.3) is 0 Å². The van der Waals surface area contributed by atoms with E-state index in [1.165, 1.54) is 32.6 Å². The Labute approximate surface area is 234 Å². The molecule has 1 aliphatic rings. The molecule has 0 saturated carbocycles. The van der Waals surface area contributed by atoms with Gasteiger partial charge in [-0.25, -0.2) is 9.59 Å². The minimum absolute atomic E-state index is 0.0116. The number of aromatic nitrogens is 1. The van der Waals surface area contributed by atoms with E-state index in [1.54, 1.807) is 48.5 Å². The normalized spacial score (nSPS) is 12.2. The number of methoxy groups -OCH3 is 2. The molecule has 11 nitrogen and oxygen atoms in total. The lowest BCUT2D eigenvalue weighted by atomic mass is 10.00. The summed E-state index contributed by atoms with van der Waals surface area (Å²) in [5.74, 6) is 0.334. The number of aromatic carboxylic acids is 1. The number of rotatable bonds is 11. The van der Waals surface area contributed by atoms with Crippen LogP contribution in [-0.4, -0.2) is 48.3 Å². The molecule has 0 radical (unpaired) electrons. The second-order valence-electron chi connectivity index (χ2n) is 8.89. The number of aliphatic carboxylic acids is 1. The second-order valence-corrected chi connectivity index (χ2v) is 8.89. The van der Waals surface area contributed by atoms with Gasteiger partial charge in [0, 0.05) is 40.8 Å². The van der Waals surface area contributed by atoms with Gasteiger partial charge in [-0.2, -0.15) is 0 Å². The summed E-state index contributed by atoms with van der Waals surface area (Å²) in [4.78, 5) is 23.9. The van der Waals surface area contributed by atoms with Crippen LogP contribution in [0.4, 0.5) is 0 Å². The standard InChI is InChI=1S/C30H25NO10/c1-36-21-7-8-23(25(12-21)38-15-17-5-3-4-6-22(17)30(34)35)28-20(14-31-41-28)10-19(29(32)33)9-18-11-26-27(40-16-39-26)13-24(18)37-2/h3-8,10-14H,9,15-16H2,1-2H3,(H,32,33)(H,34,35). The highest BCUT2D eigenvalue weighted by Gasteiger charge is 2.22. The van der Waals surface area contributed by atoms with E-state index in [9.17, 15) is 19.8 Å². The maximum atomic E-state index is 12.3. The first kappa shape index (κ1) is 27.1. The molecule has 0 atom stereocenters. The van der Waals surface area contributed by atoms with Crippen molar-refractivity contribution < 1.29 is 48.0 Å². The number of carboxylic acid groups (broad SMARTS) is 2. The van der Waals surface area contributed by atoms with Gasteiger partial charge in [0.15, 0.2) is 17.3 Å². The van der Waals surface area contributed by atoms with Crippen LogP contribution >= 0.6 is 0 Å². The van der Waals surface area contributed by atoms with Crippen molar-refractivity contribution in [3.05, 3.63) is 88.6 Å². The summed E-state index contributed by atoms with van der Waals surface area (Å²) in [6.07, 6.45) is 2.88. The summed E-state index contributed by atoms with van der Waals surface area (Å²) in [6, 6.07) is 14.9. The second kappa shape index (κ2) is 11.7. The molecule has 1 aromatic heterocycles. The number of ether oxygens (including phenoxy) is 5. The summed E-state index contributed by atoms with van der Waals surface area (Å²) >= 11 is 0. The highest BCUT2D eigenvalue weighted by Crippen LogP contribution is 2.40. The number of hydrogen-bond donors (Lipinski definition) is 2. The number of carboxylic acids is 2. The predicted octanol–water partition coefficient (Wildman–Crippen LogP) is 5.08. The minimum atomic E-state index is -1.15. The number of benzene rings is 3. The van der Waals surface area contributed by atoms with Gasteiger partial charge >= 0.3 is 11.9 Å². The molecule has 11 heteroatoms. The molecule has 1 aliphatic heterocycles. The van der Waals surface area contributed by atoms with Gasteiger partial charge in [0.1, 0.15) is 23.9 Å². The molecule has 0 bridgehead atoms. The Hall–Kier alpha value is -5.45. The Bertz CT molecular complexity index is 1640. The monoisotopic (exact) mass is 559 g/mol. The Kier molecular flexibility index (Phi) is 7.77. The quantitative estimate of drug-likeness (QED) is 0.237. The summed E-state index contributed by atoms with van der Waals surface area (Å²) in [5, 5.41) is 23.5. The van der Waals surface area contributed by atoms with E-state index in [-0.39, 0.29) is 36.7 Å². The van der Waals surface area contributed by atoms with E-state index in [1.807, 2.05) is 0 Å². The highest BCUT2D eigenvalue weighted by molar-refractivity contribution is 5.94. The molecular weight excluding hydrogens is 534 g/mol. The molecule has 0 fully saturated rings. The van der Waals surface area contributed by atoms with Gasteiger partial charge in [-0.15, -0.1) is 0 Å². The van der Waals surface area contributed by atoms with Crippen molar-refractivity contribution >= 4 is 18.0 Å². The Balaban J connectivity index is 1.49. The van der Waals surface area contributed by atoms with Crippen LogP contribution in [0.5, 0.6) is 28.7 Å². The van der Waals surface area contributed by atoms with Crippen molar-refractivity contribution in [3.63, 3.8) is 0 Å². The van der Waals surface area contributed by atoms with Gasteiger partial charge in [0.2, 0.25) is 6.79 Å². The smallest absolute Gasteiger partial charge is 0.336 e. The van der Waals surface area contributed by atoms with Gasteiger partial charge < -0.3 is 38.4 Å². The van der Waals surface area contributed by atoms with Gasteiger partial charge in [0.05, 0.1) is 31.5 Å². The number of hydrogen-bond acceptors (Lipinski definition) is 9. The van der Waals surface area contributed by atoms with Gasteiger partial charge in [-0.3, -0.25) is 0 Å². The van der Waals surface area contributed by atoms with Crippen LogP contribution in [0, 0.1) is 0 Å². The summed E-state index contributed by atoms with van der Waals surface area (Å²) in [6.45, 7) is 0.0218. The molecule has 0 unspecified atom stereocenters. The van der Waals surface area contributed by atoms with Crippen molar-refractivity contribution in [1.29, 1.82) is 0 Å². The molecule has 5 rings (SSSR count). The van der Waals surface area contributed by atoms with Gasteiger partial charge in [-0.1, -0.05) is 23.4 Å². The molecule has 0 amide bonds. The summed E-state index contributed by atoms with van der Waals surface area (Å²) < 4.78 is 33.2. The molecule has 0 spiro atoms. The first-order chi connectivity index (χ1) is 19.9. The number of nitrogens with zero attached hydrogens (tertiary/aromatic N) is 1. The average Bonchev–Trinajstić information content (AvgIpc) is 3.64. The third-order valence-corrected chi connectivity index (χ3v) is 6.42. The van der Waals surface area contributed by atoms with E-state index in [2.05, 4.69) is 5.16 Å². The van der Waals surface area contributed by atoms with Crippen molar-refractivity contribution in [1.82, 2.24) is 5.16 Å². The molecule has 210 valence electrons. The zero-order valence-corrected chi connectivity index (χ0v) is 22.1. The fourth-order valence-corrected chi connectivity index (χ4v) is 4.38. The highest BCUT2D eigenvalue weighted by atomic mass is 16.7. The first-order valence-corrected chi connectivity index (χ1v) is 12.4. The molecule has 3 aromatic carbocycles. The topological polar surface area (TPSA) is 147 Å². The number of carbonyl (C=O) groups is 2. The lowest BCUT2D eigenvalue weighted by Gasteiger charge is -2.13. The van der Waals surface area contributed by atoms with E-state index >= 15 is 0 Å². The van der Waals surface area contributed by atoms with Crippen LogP contribution < -0.4 is 23.7 Å². The van der Waals surface area contributed by atoms with E-state index in [0.717, 1.165) is 0 Å². The zero-order valence-electron chi connectivity index (χ0n) is 22.1. The predicted molar refractivity (Wildman–Crippen MR) is 145 cm³/mol. The Morgan fingerprint density at radius 1 is 0.951 bits per heavy atom. The Morgan fingerprint density at radius 2 is 1.73 bits per heavy atom. The van der Waals surface area contributed by atoms with Crippen molar-refractivity contribution in [2.45, 2.75) is 13.0 Å². The average molecular weight is 560 g/mol. The molecule has 41 heavy (non-hydrogen) atoms. The fourth-order valence-electron chi connectivity index (χ4n) is 4.38. The van der Waals surface area contributed by atoms with E-state index in [4.69, 9.17) is 28.2 Å². The third kappa shape index (κ3) is 5.78. The van der Waals surface area contributed by atoms with E-state index < -0.39 is 11.9 Å². The molecule has 2 heterocycles. The lowest BCUT2D eigenvalue weighted by molar-refractivity contribution is -0.132. The maximum Gasteiger partial charge on any atom is 0.336 e. The van der Waals surface area contributed by atoms with Crippen LogP contribution in [0.25, 0.3) is 17.4 Å². The van der Waals surface area contributed by atoms with Crippen LogP contribution in [0.3, 0.4) is 0 Å². The number of fused-ring (bicyclic) bond motifs is 1. The molecule has 4 aromatic rings. The fraction of sp³-hybridized carbons (Fsp3) is 0.167. The van der Waals surface area contributed by atoms with Gasteiger partial charge in [-0.05, 0) is 30.3 Å². The van der Waals surface area contributed by atoms with E-state index in [0.29, 0.717) is 51.0 Å². The molecule has 0 aliphatic carbocycles. The molecule has 2 N–H and O–H groups in total. The Morgan fingerprint density at radius 3 is 2.46 bits per heavy atom. The first-order valence-electron chi connectivity index (χ1n) is 12.4. The van der Waals surface area contributed by atoms with Crippen LogP contribution in [-0.2, 0) is 17.8 Å². The zero-order chi connectivity index (χ0) is 28.9. The van der Waals surface area contributed by atoms with Crippen LogP contribution in [0.15, 0.2) is 70.9 Å². The minimum Gasteiger partial charge on any atom is -0.497 e. The summed E-state index contributed by atoms with van der Waals surface area (Å²) in [7, 11) is 2.99. The SMILES string of the molecule is COc1ccc(-c2oncc2C=C(Cc2cc3c(cc2OC)OCO3)C(=O)O)c(OCc2ccccc2C(=O)O)c1. The third-order valence-electron chi connectivity index (χ3n) is 6.42. The largest absolute Gasteiger partial charge is 0.497 e. The molecular formula is C30H25NO10.